The highest BCUT2D eigenvalue weighted by molar-refractivity contribution is 6.04. The van der Waals surface area contributed by atoms with Crippen LogP contribution < -0.4 is 0 Å². The van der Waals surface area contributed by atoms with Crippen LogP contribution in [0, 0.1) is 0 Å². The van der Waals surface area contributed by atoms with E-state index < -0.39 is 0 Å². The van der Waals surface area contributed by atoms with Crippen LogP contribution in [0.5, 0.6) is 0 Å². The topological polar surface area (TPSA) is 17.8 Å². The highest BCUT2D eigenvalue weighted by Gasteiger charge is 2.06. The summed E-state index contributed by atoms with van der Waals surface area (Å²) in [4.78, 5) is 0. The first-order valence-corrected chi connectivity index (χ1v) is 5.62. The summed E-state index contributed by atoms with van der Waals surface area (Å²) >= 11 is 0. The second-order valence-corrected chi connectivity index (χ2v) is 4.43. The first-order chi connectivity index (χ1) is 7.75. The van der Waals surface area contributed by atoms with Crippen molar-refractivity contribution in [1.29, 1.82) is 0 Å². The molecule has 0 fully saturated rings. The molecule has 0 saturated heterocycles. The lowest BCUT2D eigenvalue weighted by Gasteiger charge is -2.02. The maximum atomic E-state index is 4.66. The molecule has 80 valence electrons. The van der Waals surface area contributed by atoms with Crippen molar-refractivity contribution in [2.24, 2.45) is 0 Å². The Morgan fingerprint density at radius 2 is 1.75 bits per heavy atom. The van der Waals surface area contributed by atoms with Crippen LogP contribution in [0.4, 0.5) is 0 Å². The minimum Gasteiger partial charge on any atom is -0.269 e. The van der Waals surface area contributed by atoms with Crippen molar-refractivity contribution < 1.29 is 0 Å². The predicted octanol–water partition coefficient (Wildman–Crippen LogP) is 3.77. The third kappa shape index (κ3) is 1.30. The highest BCUT2D eigenvalue weighted by Crippen LogP contribution is 2.24. The lowest BCUT2D eigenvalue weighted by molar-refractivity contribution is 0.538. The van der Waals surface area contributed by atoms with Crippen LogP contribution in [0.1, 0.15) is 19.9 Å². The number of hydrogen-bond donors (Lipinski definition) is 0. The lowest BCUT2D eigenvalue weighted by Crippen LogP contribution is -1.99. The SMILES string of the molecule is CC(C)n1cc2ccc3ccccc3c2n1. The van der Waals surface area contributed by atoms with Gasteiger partial charge in [0.25, 0.3) is 0 Å². The molecule has 16 heavy (non-hydrogen) atoms. The van der Waals surface area contributed by atoms with Crippen molar-refractivity contribution in [3.05, 3.63) is 42.6 Å². The predicted molar refractivity (Wildman–Crippen MR) is 67.6 cm³/mol. The summed E-state index contributed by atoms with van der Waals surface area (Å²) in [5.74, 6) is 0. The zero-order valence-corrected chi connectivity index (χ0v) is 9.51. The van der Waals surface area contributed by atoms with Gasteiger partial charge in [-0.25, -0.2) is 0 Å². The van der Waals surface area contributed by atoms with Crippen LogP contribution in [0.15, 0.2) is 42.6 Å². The van der Waals surface area contributed by atoms with E-state index in [9.17, 15) is 0 Å². The minimum absolute atomic E-state index is 0.408. The molecule has 2 aromatic carbocycles. The number of aromatic nitrogens is 2. The largest absolute Gasteiger partial charge is 0.269 e. The van der Waals surface area contributed by atoms with E-state index in [-0.39, 0.29) is 0 Å². The molecule has 0 saturated carbocycles. The molecule has 0 aliphatic heterocycles. The van der Waals surface area contributed by atoms with Crippen molar-refractivity contribution in [2.45, 2.75) is 19.9 Å². The first kappa shape index (κ1) is 9.40. The standard InChI is InChI=1S/C14H14N2/c1-10(2)16-9-12-8-7-11-5-3-4-6-13(11)14(12)15-16/h3-10H,1-2H3. The van der Waals surface area contributed by atoms with Crippen LogP contribution in [-0.2, 0) is 0 Å². The molecule has 0 aliphatic rings. The second kappa shape index (κ2) is 3.34. The lowest BCUT2D eigenvalue weighted by atomic mass is 10.1. The third-order valence-corrected chi connectivity index (χ3v) is 2.95. The minimum atomic E-state index is 0.408. The maximum Gasteiger partial charge on any atom is 0.100 e. The average molecular weight is 210 g/mol. The fraction of sp³-hybridized carbons (Fsp3) is 0.214. The van der Waals surface area contributed by atoms with Crippen molar-refractivity contribution >= 4 is 21.7 Å². The van der Waals surface area contributed by atoms with Gasteiger partial charge in [-0.1, -0.05) is 36.4 Å². The van der Waals surface area contributed by atoms with E-state index in [1.807, 2.05) is 4.68 Å². The third-order valence-electron chi connectivity index (χ3n) is 2.95. The van der Waals surface area contributed by atoms with Crippen LogP contribution in [0.3, 0.4) is 0 Å². The number of nitrogens with zero attached hydrogens (tertiary/aromatic N) is 2. The molecule has 2 heteroatoms. The van der Waals surface area contributed by atoms with Crippen LogP contribution >= 0.6 is 0 Å². The molecule has 0 amide bonds. The summed E-state index contributed by atoms with van der Waals surface area (Å²) in [5, 5.41) is 8.36. The molecule has 0 spiro atoms. The van der Waals surface area contributed by atoms with Gasteiger partial charge in [0.15, 0.2) is 0 Å². The molecule has 0 N–H and O–H groups in total. The van der Waals surface area contributed by atoms with E-state index in [1.165, 1.54) is 16.2 Å². The summed E-state index contributed by atoms with van der Waals surface area (Å²) in [7, 11) is 0. The van der Waals surface area contributed by atoms with E-state index >= 15 is 0 Å². The van der Waals surface area contributed by atoms with E-state index in [0.717, 1.165) is 5.52 Å². The van der Waals surface area contributed by atoms with Crippen molar-refractivity contribution in [3.8, 4) is 0 Å². The van der Waals surface area contributed by atoms with Gasteiger partial charge in [0.1, 0.15) is 5.52 Å². The average Bonchev–Trinajstić information content (AvgIpc) is 2.73. The summed E-state index contributed by atoms with van der Waals surface area (Å²) in [6.45, 7) is 4.29. The van der Waals surface area contributed by atoms with Crippen molar-refractivity contribution in [2.75, 3.05) is 0 Å². The summed E-state index contributed by atoms with van der Waals surface area (Å²) < 4.78 is 2.02. The molecule has 1 heterocycles. The molecule has 3 rings (SSSR count). The Balaban J connectivity index is 2.41. The first-order valence-electron chi connectivity index (χ1n) is 5.62. The monoisotopic (exact) mass is 210 g/mol. The van der Waals surface area contributed by atoms with Gasteiger partial charge in [-0.2, -0.15) is 5.10 Å². The molecular weight excluding hydrogens is 196 g/mol. The van der Waals surface area contributed by atoms with Gasteiger partial charge >= 0.3 is 0 Å². The molecule has 0 bridgehead atoms. The van der Waals surface area contributed by atoms with Crippen molar-refractivity contribution in [1.82, 2.24) is 9.78 Å². The van der Waals surface area contributed by atoms with E-state index in [4.69, 9.17) is 0 Å². The maximum absolute atomic E-state index is 4.66. The normalized spacial score (nSPS) is 11.7. The van der Waals surface area contributed by atoms with Gasteiger partial charge in [0, 0.05) is 23.0 Å². The number of fused-ring (bicyclic) bond motifs is 3. The Kier molecular flexibility index (Phi) is 1.96. The summed E-state index contributed by atoms with van der Waals surface area (Å²) in [6.07, 6.45) is 2.12. The van der Waals surface area contributed by atoms with Gasteiger partial charge in [0.05, 0.1) is 0 Å². The Bertz CT molecular complexity index is 650. The van der Waals surface area contributed by atoms with Gasteiger partial charge in [-0.05, 0) is 19.2 Å². The zero-order chi connectivity index (χ0) is 11.1. The summed E-state index contributed by atoms with van der Waals surface area (Å²) in [5.41, 5.74) is 1.10. The van der Waals surface area contributed by atoms with Crippen LogP contribution in [-0.4, -0.2) is 9.78 Å². The second-order valence-electron chi connectivity index (χ2n) is 4.43. The number of hydrogen-bond acceptors (Lipinski definition) is 1. The molecule has 0 atom stereocenters. The van der Waals surface area contributed by atoms with E-state index in [0.29, 0.717) is 6.04 Å². The molecule has 2 nitrogen and oxygen atoms in total. The molecule has 3 aromatic rings. The molecular formula is C14H14N2. The quantitative estimate of drug-likeness (QED) is 0.597. The number of rotatable bonds is 1. The smallest absolute Gasteiger partial charge is 0.100 e. The number of benzene rings is 2. The van der Waals surface area contributed by atoms with Gasteiger partial charge in [-0.15, -0.1) is 0 Å². The van der Waals surface area contributed by atoms with Crippen molar-refractivity contribution in [3.63, 3.8) is 0 Å². The van der Waals surface area contributed by atoms with E-state index in [2.05, 4.69) is 61.5 Å². The van der Waals surface area contributed by atoms with Gasteiger partial charge in [0.2, 0.25) is 0 Å². The fourth-order valence-electron chi connectivity index (χ4n) is 2.04. The Labute approximate surface area is 94.5 Å². The molecule has 0 unspecified atom stereocenters. The zero-order valence-electron chi connectivity index (χ0n) is 9.51. The summed E-state index contributed by atoms with van der Waals surface area (Å²) in [6, 6.07) is 13.1. The van der Waals surface area contributed by atoms with E-state index in [1.54, 1.807) is 0 Å². The molecule has 1 aromatic heterocycles. The Hall–Kier alpha value is -1.83. The van der Waals surface area contributed by atoms with Crippen LogP contribution in [0.2, 0.25) is 0 Å². The molecule has 0 aliphatic carbocycles. The van der Waals surface area contributed by atoms with Gasteiger partial charge in [-0.3, -0.25) is 4.68 Å². The van der Waals surface area contributed by atoms with Crippen LogP contribution in [0.25, 0.3) is 21.7 Å². The van der Waals surface area contributed by atoms with Gasteiger partial charge < -0.3 is 0 Å². The highest BCUT2D eigenvalue weighted by atomic mass is 15.3. The molecule has 0 radical (unpaired) electrons. The Morgan fingerprint density at radius 3 is 2.56 bits per heavy atom. The Morgan fingerprint density at radius 1 is 1.00 bits per heavy atom. The fourth-order valence-corrected chi connectivity index (χ4v) is 2.04.